The molecular formula is C16H22N2OS. The van der Waals surface area contributed by atoms with E-state index < -0.39 is 0 Å². The average Bonchev–Trinajstić information content (AvgIpc) is 2.53. The van der Waals surface area contributed by atoms with Crippen molar-refractivity contribution in [3.05, 3.63) is 35.4 Å². The van der Waals surface area contributed by atoms with Gasteiger partial charge in [0.25, 0.3) is 0 Å². The molecule has 0 aromatic heterocycles. The van der Waals surface area contributed by atoms with Crippen LogP contribution >= 0.6 is 11.8 Å². The third-order valence-electron chi connectivity index (χ3n) is 4.26. The molecule has 0 saturated carbocycles. The van der Waals surface area contributed by atoms with Crippen LogP contribution in [0.2, 0.25) is 0 Å². The van der Waals surface area contributed by atoms with E-state index in [0.717, 1.165) is 38.2 Å². The topological polar surface area (TPSA) is 32.3 Å². The lowest BCUT2D eigenvalue weighted by Crippen LogP contribution is -2.48. The minimum absolute atomic E-state index is 0.138. The van der Waals surface area contributed by atoms with Crippen LogP contribution in [0.4, 0.5) is 0 Å². The molecule has 0 radical (unpaired) electrons. The van der Waals surface area contributed by atoms with Crippen LogP contribution in [0.5, 0.6) is 0 Å². The molecular weight excluding hydrogens is 268 g/mol. The zero-order chi connectivity index (χ0) is 13.9. The molecule has 3 nitrogen and oxygen atoms in total. The molecule has 1 saturated heterocycles. The number of thioether (sulfide) groups is 1. The van der Waals surface area contributed by atoms with Crippen LogP contribution in [0, 0.1) is 0 Å². The van der Waals surface area contributed by atoms with Crippen molar-refractivity contribution < 1.29 is 4.79 Å². The number of nitrogens with one attached hydrogen (secondary N) is 1. The smallest absolute Gasteiger partial charge is 0.244 e. The Labute approximate surface area is 125 Å². The highest BCUT2D eigenvalue weighted by molar-refractivity contribution is 8.00. The molecule has 20 heavy (non-hydrogen) atoms. The molecule has 2 aliphatic rings. The van der Waals surface area contributed by atoms with Gasteiger partial charge >= 0.3 is 0 Å². The minimum atomic E-state index is -0.138. The summed E-state index contributed by atoms with van der Waals surface area (Å²) in [6, 6.07) is 8.21. The Kier molecular flexibility index (Phi) is 4.32. The fraction of sp³-hybridized carbons (Fsp3) is 0.562. The number of hydrogen-bond acceptors (Lipinski definition) is 3. The fourth-order valence-corrected chi connectivity index (χ4v) is 4.25. The predicted octanol–water partition coefficient (Wildman–Crippen LogP) is 2.23. The summed E-state index contributed by atoms with van der Waals surface area (Å²) in [5, 5.41) is 4.01. The van der Waals surface area contributed by atoms with Crippen molar-refractivity contribution in [1.29, 1.82) is 0 Å². The summed E-state index contributed by atoms with van der Waals surface area (Å²) in [6.07, 6.45) is 2.16. The van der Waals surface area contributed by atoms with Crippen molar-refractivity contribution in [3.63, 3.8) is 0 Å². The van der Waals surface area contributed by atoms with E-state index in [-0.39, 0.29) is 11.9 Å². The molecule has 1 aromatic rings. The van der Waals surface area contributed by atoms with Gasteiger partial charge in [-0.1, -0.05) is 31.2 Å². The summed E-state index contributed by atoms with van der Waals surface area (Å²) in [4.78, 5) is 14.9. The monoisotopic (exact) mass is 290 g/mol. The number of fused-ring (bicyclic) bond motifs is 1. The summed E-state index contributed by atoms with van der Waals surface area (Å²) in [6.45, 7) is 4.90. The van der Waals surface area contributed by atoms with Crippen molar-refractivity contribution in [2.45, 2.75) is 31.1 Å². The number of hydrogen-bond donors (Lipinski definition) is 1. The molecule has 1 aromatic carbocycles. The zero-order valence-corrected chi connectivity index (χ0v) is 12.8. The molecule has 4 heteroatoms. The summed E-state index contributed by atoms with van der Waals surface area (Å²) in [7, 11) is 0. The average molecular weight is 290 g/mol. The first kappa shape index (κ1) is 14.0. The van der Waals surface area contributed by atoms with E-state index in [9.17, 15) is 4.79 Å². The van der Waals surface area contributed by atoms with Crippen LogP contribution in [0.1, 0.15) is 30.5 Å². The Hall–Kier alpha value is -1.00. The summed E-state index contributed by atoms with van der Waals surface area (Å²) < 4.78 is 0. The molecule has 1 fully saturated rings. The minimum Gasteiger partial charge on any atom is -0.339 e. The van der Waals surface area contributed by atoms with Gasteiger partial charge in [-0.25, -0.2) is 0 Å². The highest BCUT2D eigenvalue weighted by Gasteiger charge is 2.31. The van der Waals surface area contributed by atoms with Gasteiger partial charge < -0.3 is 10.2 Å². The first-order chi connectivity index (χ1) is 9.79. The molecule has 1 amide bonds. The number of carbonyl (C=O) groups is 1. The predicted molar refractivity (Wildman–Crippen MR) is 84.0 cm³/mol. The fourth-order valence-electron chi connectivity index (χ4n) is 3.07. The highest BCUT2D eigenvalue weighted by atomic mass is 32.2. The molecule has 2 heterocycles. The van der Waals surface area contributed by atoms with Crippen LogP contribution in [0.15, 0.2) is 24.3 Å². The standard InChI is InChI=1S/C16H22N2OS/c1-2-13-11-18(9-10-20-13)16(19)15-14-6-4-3-5-12(14)7-8-17-15/h3-6,13,15,17H,2,7-11H2,1H3. The van der Waals surface area contributed by atoms with E-state index in [4.69, 9.17) is 0 Å². The molecule has 0 spiro atoms. The third kappa shape index (κ3) is 2.72. The first-order valence-electron chi connectivity index (χ1n) is 7.51. The largest absolute Gasteiger partial charge is 0.339 e. The van der Waals surface area contributed by atoms with Crippen molar-refractivity contribution >= 4 is 17.7 Å². The number of rotatable bonds is 2. The maximum Gasteiger partial charge on any atom is 0.244 e. The third-order valence-corrected chi connectivity index (χ3v) is 5.63. The molecule has 3 rings (SSSR count). The second kappa shape index (κ2) is 6.19. The van der Waals surface area contributed by atoms with Crippen molar-refractivity contribution in [3.8, 4) is 0 Å². The number of carbonyl (C=O) groups excluding carboxylic acids is 1. The van der Waals surface area contributed by atoms with Gasteiger partial charge in [-0.3, -0.25) is 4.79 Å². The highest BCUT2D eigenvalue weighted by Crippen LogP contribution is 2.27. The Morgan fingerprint density at radius 1 is 1.45 bits per heavy atom. The van der Waals surface area contributed by atoms with E-state index >= 15 is 0 Å². The lowest BCUT2D eigenvalue weighted by Gasteiger charge is -2.36. The quantitative estimate of drug-likeness (QED) is 0.906. The molecule has 2 atom stereocenters. The van der Waals surface area contributed by atoms with Crippen LogP contribution in [0.25, 0.3) is 0 Å². The van der Waals surface area contributed by atoms with Gasteiger partial charge in [-0.05, 0) is 24.0 Å². The van der Waals surface area contributed by atoms with Gasteiger partial charge in [0.1, 0.15) is 6.04 Å². The SMILES string of the molecule is CCC1CN(C(=O)C2NCCc3ccccc32)CCS1. The van der Waals surface area contributed by atoms with Crippen LogP contribution in [0.3, 0.4) is 0 Å². The normalized spacial score (nSPS) is 26.1. The second-order valence-electron chi connectivity index (χ2n) is 5.52. The van der Waals surface area contributed by atoms with Crippen molar-refractivity contribution in [1.82, 2.24) is 10.2 Å². The van der Waals surface area contributed by atoms with Crippen LogP contribution in [-0.2, 0) is 11.2 Å². The van der Waals surface area contributed by atoms with Gasteiger partial charge in [0.2, 0.25) is 5.91 Å². The zero-order valence-electron chi connectivity index (χ0n) is 12.0. The number of amides is 1. The lowest BCUT2D eigenvalue weighted by molar-refractivity contribution is -0.133. The molecule has 2 aliphatic heterocycles. The summed E-state index contributed by atoms with van der Waals surface area (Å²) in [5.41, 5.74) is 2.50. The summed E-state index contributed by atoms with van der Waals surface area (Å²) >= 11 is 2.00. The van der Waals surface area contributed by atoms with E-state index in [2.05, 4.69) is 35.3 Å². The Morgan fingerprint density at radius 2 is 2.30 bits per heavy atom. The van der Waals surface area contributed by atoms with Crippen LogP contribution < -0.4 is 5.32 Å². The Bertz CT molecular complexity index is 491. The van der Waals surface area contributed by atoms with Crippen molar-refractivity contribution in [2.24, 2.45) is 0 Å². The number of nitrogens with zero attached hydrogens (tertiary/aromatic N) is 1. The molecule has 1 N–H and O–H groups in total. The lowest BCUT2D eigenvalue weighted by atomic mass is 9.93. The van der Waals surface area contributed by atoms with E-state index in [0.29, 0.717) is 5.25 Å². The van der Waals surface area contributed by atoms with Crippen LogP contribution in [-0.4, -0.2) is 41.4 Å². The Balaban J connectivity index is 1.78. The van der Waals surface area contributed by atoms with E-state index in [1.54, 1.807) is 0 Å². The van der Waals surface area contributed by atoms with Gasteiger partial charge in [0.15, 0.2) is 0 Å². The molecule has 2 unspecified atom stereocenters. The maximum absolute atomic E-state index is 12.8. The second-order valence-corrected chi connectivity index (χ2v) is 6.93. The van der Waals surface area contributed by atoms with Gasteiger partial charge in [-0.2, -0.15) is 11.8 Å². The van der Waals surface area contributed by atoms with Gasteiger partial charge in [0, 0.05) is 30.6 Å². The summed E-state index contributed by atoms with van der Waals surface area (Å²) in [5.74, 6) is 1.33. The molecule has 108 valence electrons. The van der Waals surface area contributed by atoms with E-state index in [1.807, 2.05) is 17.8 Å². The van der Waals surface area contributed by atoms with Crippen molar-refractivity contribution in [2.75, 3.05) is 25.4 Å². The van der Waals surface area contributed by atoms with Gasteiger partial charge in [0.05, 0.1) is 0 Å². The number of benzene rings is 1. The first-order valence-corrected chi connectivity index (χ1v) is 8.56. The molecule has 0 aliphatic carbocycles. The van der Waals surface area contributed by atoms with E-state index in [1.165, 1.54) is 11.1 Å². The maximum atomic E-state index is 12.8. The van der Waals surface area contributed by atoms with Gasteiger partial charge in [-0.15, -0.1) is 0 Å². The molecule has 0 bridgehead atoms. The Morgan fingerprint density at radius 3 is 3.15 bits per heavy atom.